The van der Waals surface area contributed by atoms with Crippen LogP contribution >= 0.6 is 0 Å². The summed E-state index contributed by atoms with van der Waals surface area (Å²) >= 11 is 0. The van der Waals surface area contributed by atoms with Crippen molar-refractivity contribution in [2.45, 2.75) is 11.5 Å². The van der Waals surface area contributed by atoms with E-state index in [2.05, 4.69) is 4.72 Å². The predicted molar refractivity (Wildman–Crippen MR) is 81.1 cm³/mol. The van der Waals surface area contributed by atoms with Crippen LogP contribution in [0.2, 0.25) is 0 Å². The molecule has 22 heavy (non-hydrogen) atoms. The number of hydrogen-bond donors (Lipinski definition) is 1. The van der Waals surface area contributed by atoms with Gasteiger partial charge in [0, 0.05) is 24.8 Å². The van der Waals surface area contributed by atoms with Gasteiger partial charge in [-0.2, -0.15) is 0 Å². The van der Waals surface area contributed by atoms with Crippen molar-refractivity contribution >= 4 is 21.4 Å². The smallest absolute Gasteiger partial charge is 0.269 e. The molecule has 0 aromatic heterocycles. The van der Waals surface area contributed by atoms with E-state index in [-0.39, 0.29) is 17.2 Å². The van der Waals surface area contributed by atoms with Crippen LogP contribution in [0.5, 0.6) is 0 Å². The van der Waals surface area contributed by atoms with Gasteiger partial charge in [0.25, 0.3) is 15.7 Å². The van der Waals surface area contributed by atoms with Crippen molar-refractivity contribution in [3.05, 3.63) is 64.2 Å². The molecule has 2 aromatic carbocycles. The summed E-state index contributed by atoms with van der Waals surface area (Å²) in [6, 6.07) is 11.5. The minimum atomic E-state index is -3.82. The summed E-state index contributed by atoms with van der Waals surface area (Å²) in [6.07, 6.45) is 0. The highest BCUT2D eigenvalue weighted by molar-refractivity contribution is 7.92. The van der Waals surface area contributed by atoms with E-state index in [1.165, 1.54) is 19.2 Å². The molecule has 0 saturated carbocycles. The molecule has 2 aromatic rings. The Bertz CT molecular complexity index is 772. The van der Waals surface area contributed by atoms with Crippen molar-refractivity contribution in [3.63, 3.8) is 0 Å². The van der Waals surface area contributed by atoms with E-state index in [1.54, 1.807) is 24.3 Å². The fourth-order valence-corrected chi connectivity index (χ4v) is 2.95. The fraction of sp³-hybridized carbons (Fsp3) is 0.143. The van der Waals surface area contributed by atoms with Crippen molar-refractivity contribution < 1.29 is 18.1 Å². The SMILES string of the molecule is COCc1ccccc1NS(=O)(=O)c1ccc([N+](=O)[O-])cc1. The molecule has 8 heteroatoms. The number of nitro benzene ring substituents is 1. The third-order valence-corrected chi connectivity index (χ3v) is 4.30. The van der Waals surface area contributed by atoms with E-state index in [1.807, 2.05) is 0 Å². The number of nitrogens with zero attached hydrogens (tertiary/aromatic N) is 1. The summed E-state index contributed by atoms with van der Waals surface area (Å²) in [5, 5.41) is 10.6. The largest absolute Gasteiger partial charge is 0.380 e. The lowest BCUT2D eigenvalue weighted by molar-refractivity contribution is -0.384. The Kier molecular flexibility index (Phi) is 4.74. The van der Waals surface area contributed by atoms with Crippen LogP contribution in [0.15, 0.2) is 53.4 Å². The van der Waals surface area contributed by atoms with Crippen LogP contribution in [0.3, 0.4) is 0 Å². The van der Waals surface area contributed by atoms with Gasteiger partial charge in [-0.25, -0.2) is 8.42 Å². The van der Waals surface area contributed by atoms with Crippen LogP contribution in [0.25, 0.3) is 0 Å². The van der Waals surface area contributed by atoms with Gasteiger partial charge in [0.1, 0.15) is 0 Å². The molecule has 0 radical (unpaired) electrons. The predicted octanol–water partition coefficient (Wildman–Crippen LogP) is 2.54. The molecule has 0 fully saturated rings. The Morgan fingerprint density at radius 2 is 1.77 bits per heavy atom. The summed E-state index contributed by atoms with van der Waals surface area (Å²) in [7, 11) is -2.31. The van der Waals surface area contributed by atoms with E-state index in [9.17, 15) is 18.5 Å². The average Bonchev–Trinajstić information content (AvgIpc) is 2.49. The molecular formula is C14H14N2O5S. The van der Waals surface area contributed by atoms with Gasteiger partial charge in [0.05, 0.1) is 22.1 Å². The second-order valence-corrected chi connectivity index (χ2v) is 6.13. The lowest BCUT2D eigenvalue weighted by Crippen LogP contribution is -2.14. The van der Waals surface area contributed by atoms with Crippen molar-refractivity contribution in [3.8, 4) is 0 Å². The molecule has 116 valence electrons. The van der Waals surface area contributed by atoms with Gasteiger partial charge in [-0.3, -0.25) is 14.8 Å². The first-order valence-corrected chi connectivity index (χ1v) is 7.76. The van der Waals surface area contributed by atoms with E-state index < -0.39 is 14.9 Å². The van der Waals surface area contributed by atoms with Crippen LogP contribution < -0.4 is 4.72 Å². The molecule has 0 bridgehead atoms. The van der Waals surface area contributed by atoms with Crippen LogP contribution in [0.1, 0.15) is 5.56 Å². The maximum Gasteiger partial charge on any atom is 0.269 e. The van der Waals surface area contributed by atoms with Crippen molar-refractivity contribution in [2.24, 2.45) is 0 Å². The first-order chi connectivity index (χ1) is 10.4. The Morgan fingerprint density at radius 3 is 2.36 bits per heavy atom. The van der Waals surface area contributed by atoms with E-state index in [4.69, 9.17) is 4.74 Å². The van der Waals surface area contributed by atoms with Gasteiger partial charge in [-0.1, -0.05) is 18.2 Å². The Balaban J connectivity index is 2.30. The average molecular weight is 322 g/mol. The molecule has 0 unspecified atom stereocenters. The molecule has 0 aliphatic heterocycles. The van der Waals surface area contributed by atoms with Crippen LogP contribution in [-0.4, -0.2) is 20.5 Å². The van der Waals surface area contributed by atoms with Gasteiger partial charge in [-0.15, -0.1) is 0 Å². The molecule has 0 aliphatic carbocycles. The number of rotatable bonds is 6. The maximum absolute atomic E-state index is 12.3. The minimum Gasteiger partial charge on any atom is -0.380 e. The second kappa shape index (κ2) is 6.54. The number of benzene rings is 2. The summed E-state index contributed by atoms with van der Waals surface area (Å²) in [5.41, 5.74) is 0.928. The molecule has 0 atom stereocenters. The molecule has 0 spiro atoms. The highest BCUT2D eigenvalue weighted by Crippen LogP contribution is 2.22. The van der Waals surface area contributed by atoms with Crippen LogP contribution in [-0.2, 0) is 21.4 Å². The number of methoxy groups -OCH3 is 1. The number of para-hydroxylation sites is 1. The number of nitro groups is 1. The minimum absolute atomic E-state index is 0.0506. The third kappa shape index (κ3) is 3.60. The fourth-order valence-electron chi connectivity index (χ4n) is 1.85. The zero-order valence-corrected chi connectivity index (χ0v) is 12.5. The standard InChI is InChI=1S/C14H14N2O5S/c1-21-10-11-4-2-3-5-14(11)15-22(19,20)13-8-6-12(7-9-13)16(17)18/h2-9,15H,10H2,1H3. The number of anilines is 1. The molecule has 0 saturated heterocycles. The number of ether oxygens (including phenoxy) is 1. The van der Waals surface area contributed by atoms with Gasteiger partial charge in [0.15, 0.2) is 0 Å². The molecule has 0 heterocycles. The third-order valence-electron chi connectivity index (χ3n) is 2.92. The van der Waals surface area contributed by atoms with Gasteiger partial charge in [0.2, 0.25) is 0 Å². The highest BCUT2D eigenvalue weighted by atomic mass is 32.2. The lowest BCUT2D eigenvalue weighted by Gasteiger charge is -2.12. The first-order valence-electron chi connectivity index (χ1n) is 6.28. The van der Waals surface area contributed by atoms with Crippen molar-refractivity contribution in [1.29, 1.82) is 0 Å². The van der Waals surface area contributed by atoms with Crippen LogP contribution in [0, 0.1) is 10.1 Å². The maximum atomic E-state index is 12.3. The second-order valence-electron chi connectivity index (χ2n) is 4.45. The zero-order chi connectivity index (χ0) is 16.2. The van der Waals surface area contributed by atoms with Gasteiger partial charge in [-0.05, 0) is 18.2 Å². The Hall–Kier alpha value is -2.45. The molecule has 2 rings (SSSR count). The lowest BCUT2D eigenvalue weighted by atomic mass is 10.2. The summed E-state index contributed by atoms with van der Waals surface area (Å²) in [6.45, 7) is 0.263. The van der Waals surface area contributed by atoms with E-state index in [0.717, 1.165) is 12.1 Å². The molecule has 0 aliphatic rings. The Labute approximate surface area is 127 Å². The van der Waals surface area contributed by atoms with Crippen LogP contribution in [0.4, 0.5) is 11.4 Å². The summed E-state index contributed by atoms with van der Waals surface area (Å²) < 4.78 is 32.1. The Morgan fingerprint density at radius 1 is 1.14 bits per heavy atom. The summed E-state index contributed by atoms with van der Waals surface area (Å²) in [4.78, 5) is 9.96. The van der Waals surface area contributed by atoms with E-state index >= 15 is 0 Å². The molecule has 0 amide bonds. The number of hydrogen-bond acceptors (Lipinski definition) is 5. The van der Waals surface area contributed by atoms with Gasteiger partial charge < -0.3 is 4.74 Å². The number of nitrogens with one attached hydrogen (secondary N) is 1. The zero-order valence-electron chi connectivity index (χ0n) is 11.7. The van der Waals surface area contributed by atoms with Crippen molar-refractivity contribution in [1.82, 2.24) is 0 Å². The first kappa shape index (κ1) is 15.9. The van der Waals surface area contributed by atoms with Crippen molar-refractivity contribution in [2.75, 3.05) is 11.8 Å². The summed E-state index contributed by atoms with van der Waals surface area (Å²) in [5.74, 6) is 0. The topological polar surface area (TPSA) is 98.5 Å². The van der Waals surface area contributed by atoms with E-state index in [0.29, 0.717) is 11.3 Å². The monoisotopic (exact) mass is 322 g/mol. The molecule has 1 N–H and O–H groups in total. The normalized spacial score (nSPS) is 11.1. The molecule has 7 nitrogen and oxygen atoms in total. The van der Waals surface area contributed by atoms with Gasteiger partial charge >= 0.3 is 0 Å². The number of sulfonamides is 1. The molecular weight excluding hydrogens is 308 g/mol. The quantitative estimate of drug-likeness (QED) is 0.651. The highest BCUT2D eigenvalue weighted by Gasteiger charge is 2.17. The number of non-ortho nitro benzene ring substituents is 1.